The maximum atomic E-state index is 12.2. The van der Waals surface area contributed by atoms with Crippen LogP contribution in [0.2, 0.25) is 0 Å². The average Bonchev–Trinajstić information content (AvgIpc) is 2.51. The van der Waals surface area contributed by atoms with Gasteiger partial charge >= 0.3 is 6.36 Å². The Morgan fingerprint density at radius 3 is 2.29 bits per heavy atom. The molecule has 1 heterocycles. The number of alkyl halides is 3. The number of hydrogen-bond acceptors (Lipinski definition) is 3. The third kappa shape index (κ3) is 3.10. The lowest BCUT2D eigenvalue weighted by Gasteiger charge is -2.10. The van der Waals surface area contributed by atoms with Gasteiger partial charge < -0.3 is 9.30 Å². The standard InChI is InChI=1S/C17H13F3N2O2/c1-10-16(23)22(2)15-8-5-12(9-14(15)21-10)11-3-6-13(7-4-11)24-17(18,19)20/h3-9H,1-2H3. The normalized spacial score (nSPS) is 11.7. The first-order chi connectivity index (χ1) is 11.2. The quantitative estimate of drug-likeness (QED) is 0.716. The molecular formula is C17H13F3N2O2. The lowest BCUT2D eigenvalue weighted by Crippen LogP contribution is -2.20. The van der Waals surface area contributed by atoms with Crippen LogP contribution in [0.3, 0.4) is 0 Å². The van der Waals surface area contributed by atoms with Gasteiger partial charge in [-0.3, -0.25) is 4.79 Å². The van der Waals surface area contributed by atoms with Crippen molar-refractivity contribution in [3.63, 3.8) is 0 Å². The van der Waals surface area contributed by atoms with Gasteiger partial charge in [0.1, 0.15) is 11.4 Å². The van der Waals surface area contributed by atoms with E-state index in [2.05, 4.69) is 9.72 Å². The van der Waals surface area contributed by atoms with Crippen LogP contribution in [0.1, 0.15) is 5.69 Å². The molecule has 0 amide bonds. The summed E-state index contributed by atoms with van der Waals surface area (Å²) in [5.74, 6) is -0.275. The number of rotatable bonds is 2. The highest BCUT2D eigenvalue weighted by Crippen LogP contribution is 2.27. The second-order valence-corrected chi connectivity index (χ2v) is 5.34. The van der Waals surface area contributed by atoms with Crippen LogP contribution in [0, 0.1) is 6.92 Å². The minimum absolute atomic E-state index is 0.163. The molecular weight excluding hydrogens is 321 g/mol. The van der Waals surface area contributed by atoms with E-state index >= 15 is 0 Å². The van der Waals surface area contributed by atoms with Crippen LogP contribution in [-0.2, 0) is 7.05 Å². The Bertz CT molecular complexity index is 960. The van der Waals surface area contributed by atoms with Crippen LogP contribution in [0.5, 0.6) is 5.75 Å². The highest BCUT2D eigenvalue weighted by Gasteiger charge is 2.30. The summed E-state index contributed by atoms with van der Waals surface area (Å²) in [6.07, 6.45) is -4.71. The van der Waals surface area contributed by atoms with Gasteiger partial charge in [0.25, 0.3) is 5.56 Å². The lowest BCUT2D eigenvalue weighted by atomic mass is 10.0. The molecule has 3 rings (SSSR count). The highest BCUT2D eigenvalue weighted by molar-refractivity contribution is 5.81. The summed E-state index contributed by atoms with van der Waals surface area (Å²) in [6.45, 7) is 1.64. The number of ether oxygens (including phenoxy) is 1. The Labute approximate surface area is 135 Å². The summed E-state index contributed by atoms with van der Waals surface area (Å²) in [4.78, 5) is 16.2. The number of aryl methyl sites for hydroxylation is 2. The smallest absolute Gasteiger partial charge is 0.406 e. The minimum atomic E-state index is -4.71. The zero-order valence-electron chi connectivity index (χ0n) is 12.9. The molecule has 0 saturated heterocycles. The summed E-state index contributed by atoms with van der Waals surface area (Å²) < 4.78 is 41.9. The van der Waals surface area contributed by atoms with Crippen molar-refractivity contribution in [3.8, 4) is 16.9 Å². The van der Waals surface area contributed by atoms with Gasteiger partial charge in [0.15, 0.2) is 0 Å². The molecule has 0 unspecified atom stereocenters. The molecule has 0 atom stereocenters. The number of nitrogens with zero attached hydrogens (tertiary/aromatic N) is 2. The molecule has 0 bridgehead atoms. The topological polar surface area (TPSA) is 44.1 Å². The van der Waals surface area contributed by atoms with E-state index in [1.54, 1.807) is 32.2 Å². The second kappa shape index (κ2) is 5.67. The van der Waals surface area contributed by atoms with Gasteiger partial charge in [-0.1, -0.05) is 18.2 Å². The fourth-order valence-corrected chi connectivity index (χ4v) is 2.51. The molecule has 0 aliphatic rings. The molecule has 0 fully saturated rings. The molecule has 0 N–H and O–H groups in total. The van der Waals surface area contributed by atoms with Crippen molar-refractivity contribution in [3.05, 3.63) is 58.5 Å². The van der Waals surface area contributed by atoms with Crippen molar-refractivity contribution in [2.45, 2.75) is 13.3 Å². The van der Waals surface area contributed by atoms with E-state index in [-0.39, 0.29) is 11.3 Å². The van der Waals surface area contributed by atoms with Crippen LogP contribution in [0.15, 0.2) is 47.3 Å². The van der Waals surface area contributed by atoms with E-state index in [1.807, 2.05) is 0 Å². The van der Waals surface area contributed by atoms with E-state index < -0.39 is 6.36 Å². The number of hydrogen-bond donors (Lipinski definition) is 0. The first kappa shape index (κ1) is 16.0. The molecule has 0 saturated carbocycles. The molecule has 124 valence electrons. The molecule has 0 radical (unpaired) electrons. The maximum Gasteiger partial charge on any atom is 0.573 e. The second-order valence-electron chi connectivity index (χ2n) is 5.34. The largest absolute Gasteiger partial charge is 0.573 e. The highest BCUT2D eigenvalue weighted by atomic mass is 19.4. The molecule has 3 aromatic rings. The van der Waals surface area contributed by atoms with E-state index in [9.17, 15) is 18.0 Å². The number of halogens is 3. The van der Waals surface area contributed by atoms with Crippen molar-refractivity contribution in [2.24, 2.45) is 7.05 Å². The van der Waals surface area contributed by atoms with Crippen LogP contribution in [-0.4, -0.2) is 15.9 Å². The molecule has 4 nitrogen and oxygen atoms in total. The Kier molecular flexibility index (Phi) is 3.79. The zero-order valence-corrected chi connectivity index (χ0v) is 12.9. The predicted molar refractivity (Wildman–Crippen MR) is 83.8 cm³/mol. The van der Waals surface area contributed by atoms with Gasteiger partial charge in [-0.05, 0) is 42.3 Å². The van der Waals surface area contributed by atoms with E-state index in [4.69, 9.17) is 0 Å². The molecule has 1 aromatic heterocycles. The van der Waals surface area contributed by atoms with Gasteiger partial charge in [-0.2, -0.15) is 0 Å². The Morgan fingerprint density at radius 2 is 1.67 bits per heavy atom. The van der Waals surface area contributed by atoms with Gasteiger partial charge in [0, 0.05) is 7.05 Å². The third-order valence-corrected chi connectivity index (χ3v) is 3.66. The fourth-order valence-electron chi connectivity index (χ4n) is 2.51. The molecule has 2 aromatic carbocycles. The van der Waals surface area contributed by atoms with Crippen LogP contribution < -0.4 is 10.3 Å². The van der Waals surface area contributed by atoms with Crippen molar-refractivity contribution in [2.75, 3.05) is 0 Å². The number of fused-ring (bicyclic) bond motifs is 1. The Morgan fingerprint density at radius 1 is 1.04 bits per heavy atom. The van der Waals surface area contributed by atoms with Crippen LogP contribution in [0.25, 0.3) is 22.2 Å². The summed E-state index contributed by atoms with van der Waals surface area (Å²) in [6, 6.07) is 10.9. The van der Waals surface area contributed by atoms with Crippen LogP contribution >= 0.6 is 0 Å². The molecule has 7 heteroatoms. The number of benzene rings is 2. The maximum absolute atomic E-state index is 12.2. The summed E-state index contributed by atoms with van der Waals surface area (Å²) in [5.41, 5.74) is 3.06. The van der Waals surface area contributed by atoms with Crippen molar-refractivity contribution in [1.82, 2.24) is 9.55 Å². The molecule has 24 heavy (non-hydrogen) atoms. The first-order valence-electron chi connectivity index (χ1n) is 7.08. The van der Waals surface area contributed by atoms with Crippen LogP contribution in [0.4, 0.5) is 13.2 Å². The minimum Gasteiger partial charge on any atom is -0.406 e. The number of aromatic nitrogens is 2. The van der Waals surface area contributed by atoms with E-state index in [0.29, 0.717) is 16.7 Å². The monoisotopic (exact) mass is 334 g/mol. The Balaban J connectivity index is 2.01. The van der Waals surface area contributed by atoms with E-state index in [0.717, 1.165) is 11.1 Å². The van der Waals surface area contributed by atoms with Crippen molar-refractivity contribution < 1.29 is 17.9 Å². The molecule has 0 aliphatic heterocycles. The van der Waals surface area contributed by atoms with Crippen molar-refractivity contribution >= 4 is 11.0 Å². The van der Waals surface area contributed by atoms with Gasteiger partial charge in [0.2, 0.25) is 0 Å². The van der Waals surface area contributed by atoms with Crippen molar-refractivity contribution in [1.29, 1.82) is 0 Å². The van der Waals surface area contributed by atoms with Gasteiger partial charge in [0.05, 0.1) is 11.0 Å². The molecule has 0 spiro atoms. The summed E-state index contributed by atoms with van der Waals surface area (Å²) in [5, 5.41) is 0. The summed E-state index contributed by atoms with van der Waals surface area (Å²) >= 11 is 0. The third-order valence-electron chi connectivity index (χ3n) is 3.66. The average molecular weight is 334 g/mol. The predicted octanol–water partition coefficient (Wildman–Crippen LogP) is 3.81. The van der Waals surface area contributed by atoms with Gasteiger partial charge in [-0.15, -0.1) is 13.2 Å². The SMILES string of the molecule is Cc1nc2cc(-c3ccc(OC(F)(F)F)cc3)ccc2n(C)c1=O. The Hall–Kier alpha value is -2.83. The zero-order chi connectivity index (χ0) is 17.5. The molecule has 0 aliphatic carbocycles. The fraction of sp³-hybridized carbons (Fsp3) is 0.176. The lowest BCUT2D eigenvalue weighted by molar-refractivity contribution is -0.274. The van der Waals surface area contributed by atoms with Gasteiger partial charge in [-0.25, -0.2) is 4.98 Å². The summed E-state index contributed by atoms with van der Waals surface area (Å²) in [7, 11) is 1.67. The first-order valence-corrected chi connectivity index (χ1v) is 7.08. The van der Waals surface area contributed by atoms with E-state index in [1.165, 1.54) is 28.8 Å².